The van der Waals surface area contributed by atoms with E-state index in [9.17, 15) is 0 Å². The summed E-state index contributed by atoms with van der Waals surface area (Å²) in [6, 6.07) is 6.61. The average molecular weight is 309 g/mol. The minimum absolute atomic E-state index is 0.251. The second-order valence-electron chi connectivity index (χ2n) is 4.35. The molecule has 2 aromatic rings. The first-order chi connectivity index (χ1) is 8.61. The summed E-state index contributed by atoms with van der Waals surface area (Å²) in [6.07, 6.45) is 2.42. The lowest BCUT2D eigenvalue weighted by atomic mass is 9.99. The molecule has 0 aliphatic rings. The monoisotopic (exact) mass is 308 g/mol. The van der Waals surface area contributed by atoms with Gasteiger partial charge in [0.25, 0.3) is 0 Å². The lowest BCUT2D eigenvalue weighted by Crippen LogP contribution is -2.21. The van der Waals surface area contributed by atoms with E-state index in [4.69, 9.17) is 0 Å². The third-order valence-electron chi connectivity index (χ3n) is 3.15. The molecule has 1 aromatic heterocycles. The van der Waals surface area contributed by atoms with Gasteiger partial charge in [0.05, 0.1) is 0 Å². The van der Waals surface area contributed by atoms with Crippen LogP contribution in [0.25, 0.3) is 0 Å². The summed E-state index contributed by atoms with van der Waals surface area (Å²) < 4.78 is 2.93. The zero-order valence-corrected chi connectivity index (χ0v) is 12.4. The lowest BCUT2D eigenvalue weighted by molar-refractivity contribution is 0.551. The third kappa shape index (κ3) is 2.79. The molecule has 0 fully saturated rings. The van der Waals surface area contributed by atoms with Gasteiger partial charge < -0.3 is 5.32 Å². The molecule has 1 atom stereocenters. The number of aryl methyl sites for hydroxylation is 2. The number of likely N-dealkylation sites (N-methyl/N-ethyl adjacent to an activating group) is 1. The molecule has 1 heterocycles. The molecule has 0 spiro atoms. The maximum atomic E-state index is 4.28. The van der Waals surface area contributed by atoms with Gasteiger partial charge in [-0.2, -0.15) is 5.10 Å². The standard InChI is InChI=1S/C13H17BrN4/c1-9-6-10(14)4-5-11(9)12(15-2)7-13-16-8-17-18(13)3/h4-6,8,12,15H,7H2,1-3H3. The summed E-state index contributed by atoms with van der Waals surface area (Å²) >= 11 is 3.49. The highest BCUT2D eigenvalue weighted by Crippen LogP contribution is 2.23. The number of rotatable bonds is 4. The van der Waals surface area contributed by atoms with Crippen molar-refractivity contribution >= 4 is 15.9 Å². The molecule has 96 valence electrons. The molecule has 1 N–H and O–H groups in total. The van der Waals surface area contributed by atoms with E-state index in [1.54, 1.807) is 6.33 Å². The smallest absolute Gasteiger partial charge is 0.138 e. The molecule has 1 aromatic carbocycles. The number of hydrogen-bond acceptors (Lipinski definition) is 3. The first-order valence-corrected chi connectivity index (χ1v) is 6.67. The van der Waals surface area contributed by atoms with Gasteiger partial charge in [0.1, 0.15) is 12.2 Å². The Labute approximate surface area is 116 Å². The Morgan fingerprint density at radius 3 is 2.78 bits per heavy atom. The summed E-state index contributed by atoms with van der Waals surface area (Å²) in [7, 11) is 3.89. The number of benzene rings is 1. The van der Waals surface area contributed by atoms with Crippen LogP contribution in [0.3, 0.4) is 0 Å². The van der Waals surface area contributed by atoms with Crippen LogP contribution in [-0.4, -0.2) is 21.8 Å². The van der Waals surface area contributed by atoms with Crippen LogP contribution in [-0.2, 0) is 13.5 Å². The van der Waals surface area contributed by atoms with Crippen LogP contribution in [0.5, 0.6) is 0 Å². The molecule has 0 aliphatic heterocycles. The summed E-state index contributed by atoms with van der Waals surface area (Å²) in [5.41, 5.74) is 2.56. The van der Waals surface area contributed by atoms with E-state index in [1.807, 2.05) is 18.8 Å². The van der Waals surface area contributed by atoms with Gasteiger partial charge in [-0.15, -0.1) is 0 Å². The summed E-state index contributed by atoms with van der Waals surface area (Å²) in [5.74, 6) is 0.983. The Morgan fingerprint density at radius 1 is 1.44 bits per heavy atom. The molecule has 0 aliphatic carbocycles. The Balaban J connectivity index is 2.26. The first-order valence-electron chi connectivity index (χ1n) is 5.88. The Kier molecular flexibility index (Phi) is 4.14. The molecule has 5 heteroatoms. The predicted molar refractivity (Wildman–Crippen MR) is 75.4 cm³/mol. The van der Waals surface area contributed by atoms with Gasteiger partial charge in [0.2, 0.25) is 0 Å². The fourth-order valence-corrected chi connectivity index (χ4v) is 2.56. The van der Waals surface area contributed by atoms with E-state index < -0.39 is 0 Å². The summed E-state index contributed by atoms with van der Waals surface area (Å²) in [5, 5.41) is 7.45. The highest BCUT2D eigenvalue weighted by Gasteiger charge is 2.15. The summed E-state index contributed by atoms with van der Waals surface area (Å²) in [6.45, 7) is 2.13. The summed E-state index contributed by atoms with van der Waals surface area (Å²) in [4.78, 5) is 4.28. The minimum Gasteiger partial charge on any atom is -0.313 e. The maximum absolute atomic E-state index is 4.28. The van der Waals surface area contributed by atoms with Gasteiger partial charge in [-0.05, 0) is 37.2 Å². The number of nitrogens with zero attached hydrogens (tertiary/aromatic N) is 3. The molecule has 18 heavy (non-hydrogen) atoms. The van der Waals surface area contributed by atoms with Crippen molar-refractivity contribution in [3.8, 4) is 0 Å². The van der Waals surface area contributed by atoms with E-state index in [0.29, 0.717) is 0 Å². The van der Waals surface area contributed by atoms with Crippen LogP contribution in [0, 0.1) is 6.92 Å². The molecule has 2 rings (SSSR count). The van der Waals surface area contributed by atoms with Crippen LogP contribution >= 0.6 is 15.9 Å². The van der Waals surface area contributed by atoms with Gasteiger partial charge >= 0.3 is 0 Å². The highest BCUT2D eigenvalue weighted by atomic mass is 79.9. The number of nitrogens with one attached hydrogen (secondary N) is 1. The van der Waals surface area contributed by atoms with Crippen molar-refractivity contribution in [3.05, 3.63) is 46.0 Å². The second kappa shape index (κ2) is 5.63. The number of hydrogen-bond donors (Lipinski definition) is 1. The van der Waals surface area contributed by atoms with Crippen molar-refractivity contribution < 1.29 is 0 Å². The van der Waals surface area contributed by atoms with Crippen molar-refractivity contribution in [1.29, 1.82) is 0 Å². The number of halogens is 1. The van der Waals surface area contributed by atoms with E-state index in [0.717, 1.165) is 16.7 Å². The zero-order valence-electron chi connectivity index (χ0n) is 10.8. The molecule has 0 radical (unpaired) electrons. The fraction of sp³-hybridized carbons (Fsp3) is 0.385. The van der Waals surface area contributed by atoms with E-state index in [2.05, 4.69) is 56.5 Å². The molecular weight excluding hydrogens is 292 g/mol. The largest absolute Gasteiger partial charge is 0.313 e. The van der Waals surface area contributed by atoms with E-state index in [1.165, 1.54) is 11.1 Å². The highest BCUT2D eigenvalue weighted by molar-refractivity contribution is 9.10. The minimum atomic E-state index is 0.251. The van der Waals surface area contributed by atoms with Crippen molar-refractivity contribution in [2.45, 2.75) is 19.4 Å². The fourth-order valence-electron chi connectivity index (χ4n) is 2.09. The maximum Gasteiger partial charge on any atom is 0.138 e. The molecule has 0 saturated carbocycles. The third-order valence-corrected chi connectivity index (χ3v) is 3.64. The van der Waals surface area contributed by atoms with Gasteiger partial charge in [0, 0.05) is 24.0 Å². The number of aromatic nitrogens is 3. The second-order valence-corrected chi connectivity index (χ2v) is 5.26. The van der Waals surface area contributed by atoms with Gasteiger partial charge in [-0.1, -0.05) is 22.0 Å². The SMILES string of the molecule is CNC(Cc1ncnn1C)c1ccc(Br)cc1C. The topological polar surface area (TPSA) is 42.7 Å². The van der Waals surface area contributed by atoms with Crippen LogP contribution in [0.4, 0.5) is 0 Å². The first kappa shape index (κ1) is 13.2. The van der Waals surface area contributed by atoms with Crippen LogP contribution in [0.2, 0.25) is 0 Å². The van der Waals surface area contributed by atoms with Crippen LogP contribution < -0.4 is 5.32 Å². The predicted octanol–water partition coefficient (Wildman–Crippen LogP) is 2.39. The van der Waals surface area contributed by atoms with E-state index in [-0.39, 0.29) is 6.04 Å². The quantitative estimate of drug-likeness (QED) is 0.943. The Morgan fingerprint density at radius 2 is 2.22 bits per heavy atom. The Hall–Kier alpha value is -1.20. The van der Waals surface area contributed by atoms with Crippen LogP contribution in [0.15, 0.2) is 29.0 Å². The zero-order chi connectivity index (χ0) is 13.1. The average Bonchev–Trinajstić information content (AvgIpc) is 2.73. The van der Waals surface area contributed by atoms with Crippen molar-refractivity contribution in [3.63, 3.8) is 0 Å². The van der Waals surface area contributed by atoms with Gasteiger partial charge in [-0.25, -0.2) is 4.98 Å². The molecule has 0 saturated heterocycles. The lowest BCUT2D eigenvalue weighted by Gasteiger charge is -2.18. The van der Waals surface area contributed by atoms with E-state index >= 15 is 0 Å². The molecule has 1 unspecified atom stereocenters. The molecule has 0 amide bonds. The van der Waals surface area contributed by atoms with Gasteiger partial charge in [0.15, 0.2) is 0 Å². The molecular formula is C13H17BrN4. The van der Waals surface area contributed by atoms with Crippen molar-refractivity contribution in [2.24, 2.45) is 7.05 Å². The normalized spacial score (nSPS) is 12.7. The molecule has 4 nitrogen and oxygen atoms in total. The van der Waals surface area contributed by atoms with Crippen molar-refractivity contribution in [1.82, 2.24) is 20.1 Å². The molecule has 0 bridgehead atoms. The van der Waals surface area contributed by atoms with Gasteiger partial charge in [-0.3, -0.25) is 4.68 Å². The Bertz CT molecular complexity index is 536. The van der Waals surface area contributed by atoms with Crippen LogP contribution in [0.1, 0.15) is 23.0 Å². The van der Waals surface area contributed by atoms with Crippen molar-refractivity contribution in [2.75, 3.05) is 7.05 Å².